The minimum atomic E-state index is 0.901. The van der Waals surface area contributed by atoms with Crippen LogP contribution in [0.1, 0.15) is 0 Å². The summed E-state index contributed by atoms with van der Waals surface area (Å²) in [6.45, 7) is 0. The minimum Gasteiger partial charge on any atom is -0.456 e. The van der Waals surface area contributed by atoms with Crippen molar-refractivity contribution in [2.24, 2.45) is 0 Å². The third kappa shape index (κ3) is 5.40. The molecule has 0 amide bonds. The summed E-state index contributed by atoms with van der Waals surface area (Å²) in [5.41, 5.74) is 12.5. The number of thiophene rings is 1. The van der Waals surface area contributed by atoms with Gasteiger partial charge < -0.3 is 9.32 Å². The monoisotopic (exact) mass is 769 g/mol. The topological polar surface area (TPSA) is 16.4 Å². The van der Waals surface area contributed by atoms with Gasteiger partial charge in [0, 0.05) is 37.3 Å². The van der Waals surface area contributed by atoms with Gasteiger partial charge in [-0.25, -0.2) is 0 Å². The molecule has 12 rings (SSSR count). The molecular weight excluding hydrogens is 735 g/mol. The molecule has 59 heavy (non-hydrogen) atoms. The molecule has 276 valence electrons. The Hall–Kier alpha value is -7.46. The average Bonchev–Trinajstić information content (AvgIpc) is 3.89. The van der Waals surface area contributed by atoms with Gasteiger partial charge in [0.15, 0.2) is 0 Å². The third-order valence-corrected chi connectivity index (χ3v) is 13.2. The molecule has 0 aliphatic heterocycles. The Morgan fingerprint density at radius 3 is 1.76 bits per heavy atom. The van der Waals surface area contributed by atoms with Crippen LogP contribution in [0.3, 0.4) is 0 Å². The summed E-state index contributed by atoms with van der Waals surface area (Å²) in [5.74, 6) is 0. The molecule has 2 nitrogen and oxygen atoms in total. The fourth-order valence-electron chi connectivity index (χ4n) is 9.21. The van der Waals surface area contributed by atoms with Crippen LogP contribution < -0.4 is 4.90 Å². The molecule has 0 aliphatic carbocycles. The average molecular weight is 770 g/mol. The van der Waals surface area contributed by atoms with Crippen LogP contribution >= 0.6 is 11.3 Å². The zero-order chi connectivity index (χ0) is 38.9. The van der Waals surface area contributed by atoms with Crippen LogP contribution in [-0.4, -0.2) is 0 Å². The molecule has 0 spiro atoms. The number of fused-ring (bicyclic) bond motifs is 8. The van der Waals surface area contributed by atoms with Gasteiger partial charge in [-0.3, -0.25) is 0 Å². The number of benzene rings is 10. The van der Waals surface area contributed by atoms with Crippen molar-refractivity contribution in [1.29, 1.82) is 0 Å². The molecular formula is C56H35NOS. The Bertz CT molecular complexity index is 3550. The summed E-state index contributed by atoms with van der Waals surface area (Å²) < 4.78 is 8.85. The van der Waals surface area contributed by atoms with E-state index in [9.17, 15) is 0 Å². The molecule has 12 aromatic rings. The smallest absolute Gasteiger partial charge is 0.136 e. The number of anilines is 3. The van der Waals surface area contributed by atoms with Gasteiger partial charge in [-0.15, -0.1) is 11.3 Å². The van der Waals surface area contributed by atoms with Crippen LogP contribution in [0.4, 0.5) is 17.1 Å². The van der Waals surface area contributed by atoms with Crippen molar-refractivity contribution in [2.75, 3.05) is 4.90 Å². The van der Waals surface area contributed by atoms with Crippen LogP contribution in [-0.2, 0) is 0 Å². The first kappa shape index (κ1) is 33.7. The van der Waals surface area contributed by atoms with Crippen molar-refractivity contribution in [3.63, 3.8) is 0 Å². The highest BCUT2D eigenvalue weighted by Crippen LogP contribution is 2.49. The fraction of sp³-hybridized carbons (Fsp3) is 0. The van der Waals surface area contributed by atoms with E-state index in [0.29, 0.717) is 0 Å². The molecule has 0 radical (unpaired) electrons. The van der Waals surface area contributed by atoms with E-state index in [0.717, 1.165) is 50.1 Å². The second kappa shape index (κ2) is 13.6. The lowest BCUT2D eigenvalue weighted by Gasteiger charge is -2.28. The highest BCUT2D eigenvalue weighted by molar-refractivity contribution is 7.27. The Morgan fingerprint density at radius 2 is 0.898 bits per heavy atom. The standard InChI is InChI=1S/C56H35NOS/c1-2-14-37(15-3-1)42-23-11-25-47-48-26-12-27-51(56(48)59-55(42)47)57(39-32-30-38(31-33-39)41-22-13-29-53-54(41)49-21-8-9-28-52(49)58-53)50-35-34-45(44-19-6-7-20-46(44)50)43-24-10-17-36-16-4-5-18-40(36)43/h1-35H. The Morgan fingerprint density at radius 1 is 0.322 bits per heavy atom. The predicted molar refractivity (Wildman–Crippen MR) is 253 cm³/mol. The molecule has 0 N–H and O–H groups in total. The maximum Gasteiger partial charge on any atom is 0.136 e. The first-order valence-electron chi connectivity index (χ1n) is 20.1. The van der Waals surface area contributed by atoms with Gasteiger partial charge >= 0.3 is 0 Å². The molecule has 2 heterocycles. The summed E-state index contributed by atoms with van der Waals surface area (Å²) >= 11 is 1.89. The lowest BCUT2D eigenvalue weighted by Crippen LogP contribution is -2.11. The second-order valence-corrected chi connectivity index (χ2v) is 16.2. The SMILES string of the molecule is c1ccc(-c2cccc3c2sc2c(N(c4ccc(-c5cccc6oc7ccccc7c56)cc4)c4ccc(-c5cccc6ccccc56)c5ccccc45)cccc23)cc1. The molecule has 0 saturated heterocycles. The number of para-hydroxylation sites is 1. The van der Waals surface area contributed by atoms with E-state index >= 15 is 0 Å². The predicted octanol–water partition coefficient (Wildman–Crippen LogP) is 16.7. The van der Waals surface area contributed by atoms with Gasteiger partial charge in [-0.05, 0) is 85.9 Å². The summed E-state index contributed by atoms with van der Waals surface area (Å²) in [7, 11) is 0. The van der Waals surface area contributed by atoms with Gasteiger partial charge in [-0.2, -0.15) is 0 Å². The van der Waals surface area contributed by atoms with Crippen LogP contribution in [0.5, 0.6) is 0 Å². The number of hydrogen-bond acceptors (Lipinski definition) is 3. The normalized spacial score (nSPS) is 11.7. The third-order valence-electron chi connectivity index (χ3n) is 11.9. The Kier molecular flexibility index (Phi) is 7.75. The van der Waals surface area contributed by atoms with E-state index in [4.69, 9.17) is 4.42 Å². The molecule has 0 atom stereocenters. The first-order valence-corrected chi connectivity index (χ1v) is 20.9. The highest BCUT2D eigenvalue weighted by atomic mass is 32.1. The maximum atomic E-state index is 6.29. The van der Waals surface area contributed by atoms with E-state index in [-0.39, 0.29) is 0 Å². The van der Waals surface area contributed by atoms with E-state index in [1.165, 1.54) is 64.0 Å². The van der Waals surface area contributed by atoms with Crippen LogP contribution in [0.2, 0.25) is 0 Å². The summed E-state index contributed by atoms with van der Waals surface area (Å²) in [6, 6.07) is 76.9. The van der Waals surface area contributed by atoms with E-state index in [1.54, 1.807) is 0 Å². The van der Waals surface area contributed by atoms with Crippen molar-refractivity contribution >= 4 is 92.1 Å². The number of furan rings is 1. The van der Waals surface area contributed by atoms with Crippen LogP contribution in [0, 0.1) is 0 Å². The molecule has 0 saturated carbocycles. The van der Waals surface area contributed by atoms with Crippen LogP contribution in [0.25, 0.3) is 97.0 Å². The minimum absolute atomic E-state index is 0.901. The lowest BCUT2D eigenvalue weighted by atomic mass is 9.93. The summed E-state index contributed by atoms with van der Waals surface area (Å²) in [4.78, 5) is 2.48. The number of hydrogen-bond donors (Lipinski definition) is 0. The van der Waals surface area contributed by atoms with Crippen molar-refractivity contribution in [2.45, 2.75) is 0 Å². The Balaban J connectivity index is 1.09. The summed E-state index contributed by atoms with van der Waals surface area (Å²) in [5, 5.41) is 9.73. The van der Waals surface area contributed by atoms with Gasteiger partial charge in [0.25, 0.3) is 0 Å². The molecule has 2 aromatic heterocycles. The molecule has 0 fully saturated rings. The molecule has 0 aliphatic rings. The fourth-order valence-corrected chi connectivity index (χ4v) is 10.6. The van der Waals surface area contributed by atoms with Gasteiger partial charge in [0.05, 0.1) is 16.1 Å². The highest BCUT2D eigenvalue weighted by Gasteiger charge is 2.23. The summed E-state index contributed by atoms with van der Waals surface area (Å²) in [6.07, 6.45) is 0. The number of nitrogens with zero attached hydrogens (tertiary/aromatic N) is 1. The molecule has 3 heteroatoms. The van der Waals surface area contributed by atoms with Gasteiger partial charge in [-0.1, -0.05) is 176 Å². The molecule has 0 unspecified atom stereocenters. The lowest BCUT2D eigenvalue weighted by molar-refractivity contribution is 0.669. The second-order valence-electron chi connectivity index (χ2n) is 15.2. The zero-order valence-corrected chi connectivity index (χ0v) is 32.8. The maximum absolute atomic E-state index is 6.29. The molecule has 0 bridgehead atoms. The van der Waals surface area contributed by atoms with Gasteiger partial charge in [0.1, 0.15) is 11.2 Å². The van der Waals surface area contributed by atoms with Crippen molar-refractivity contribution in [1.82, 2.24) is 0 Å². The van der Waals surface area contributed by atoms with Crippen molar-refractivity contribution < 1.29 is 4.42 Å². The van der Waals surface area contributed by atoms with E-state index in [2.05, 4.69) is 205 Å². The van der Waals surface area contributed by atoms with Crippen LogP contribution in [0.15, 0.2) is 217 Å². The van der Waals surface area contributed by atoms with Crippen molar-refractivity contribution in [3.05, 3.63) is 212 Å². The van der Waals surface area contributed by atoms with Gasteiger partial charge in [0.2, 0.25) is 0 Å². The molecule has 10 aromatic carbocycles. The first-order chi connectivity index (χ1) is 29.3. The quantitative estimate of drug-likeness (QED) is 0.167. The zero-order valence-electron chi connectivity index (χ0n) is 32.0. The number of rotatable bonds is 6. The largest absolute Gasteiger partial charge is 0.456 e. The Labute approximate surface area is 345 Å². The van der Waals surface area contributed by atoms with E-state index < -0.39 is 0 Å². The van der Waals surface area contributed by atoms with E-state index in [1.807, 2.05) is 23.5 Å². The van der Waals surface area contributed by atoms with Crippen molar-refractivity contribution in [3.8, 4) is 33.4 Å².